The predicted octanol–water partition coefficient (Wildman–Crippen LogP) is 3.43. The Hall–Kier alpha value is -0.830. The molecule has 0 spiro atoms. The first-order valence-corrected chi connectivity index (χ1v) is 6.97. The summed E-state index contributed by atoms with van der Waals surface area (Å²) in [5.74, 6) is 0. The zero-order valence-electron chi connectivity index (χ0n) is 13.1. The molecule has 0 aliphatic rings. The third-order valence-corrected chi connectivity index (χ3v) is 3.29. The minimum Gasteiger partial charge on any atom is -0.310 e. The third-order valence-electron chi connectivity index (χ3n) is 3.29. The lowest BCUT2D eigenvalue weighted by atomic mass is 9.92. The van der Waals surface area contributed by atoms with Crippen LogP contribution in [0, 0.1) is 19.3 Å². The van der Waals surface area contributed by atoms with Crippen LogP contribution >= 0.6 is 0 Å². The molecule has 3 heteroatoms. The SMILES string of the molecule is Cc1nn(CCC(C)(C)C)c(C)c1CNC(C)C. The molecule has 0 aromatic carbocycles. The van der Waals surface area contributed by atoms with Crippen LogP contribution in [0.3, 0.4) is 0 Å². The van der Waals surface area contributed by atoms with E-state index in [1.54, 1.807) is 0 Å². The maximum Gasteiger partial charge on any atom is 0.0641 e. The fourth-order valence-corrected chi connectivity index (χ4v) is 1.96. The second-order valence-corrected chi connectivity index (χ2v) is 6.72. The van der Waals surface area contributed by atoms with Gasteiger partial charge >= 0.3 is 0 Å². The van der Waals surface area contributed by atoms with Crippen molar-refractivity contribution in [2.24, 2.45) is 5.41 Å². The van der Waals surface area contributed by atoms with Gasteiger partial charge in [-0.3, -0.25) is 4.68 Å². The van der Waals surface area contributed by atoms with E-state index >= 15 is 0 Å². The summed E-state index contributed by atoms with van der Waals surface area (Å²) in [6.45, 7) is 17.4. The maximum absolute atomic E-state index is 4.67. The Morgan fingerprint density at radius 1 is 1.22 bits per heavy atom. The third kappa shape index (κ3) is 4.45. The highest BCUT2D eigenvalue weighted by Crippen LogP contribution is 2.21. The molecule has 1 rings (SSSR count). The van der Waals surface area contributed by atoms with Gasteiger partial charge < -0.3 is 5.32 Å². The Morgan fingerprint density at radius 3 is 2.33 bits per heavy atom. The summed E-state index contributed by atoms with van der Waals surface area (Å²) in [6, 6.07) is 0.515. The molecule has 1 heterocycles. The molecule has 1 aromatic heterocycles. The van der Waals surface area contributed by atoms with Crippen LogP contribution < -0.4 is 5.32 Å². The average molecular weight is 251 g/mol. The standard InChI is InChI=1S/C15H29N3/c1-11(2)16-10-14-12(3)17-18(13(14)4)9-8-15(5,6)7/h11,16H,8-10H2,1-7H3. The lowest BCUT2D eigenvalue weighted by Gasteiger charge is -2.18. The van der Waals surface area contributed by atoms with Crippen molar-refractivity contribution < 1.29 is 0 Å². The monoisotopic (exact) mass is 251 g/mol. The molecule has 0 saturated carbocycles. The summed E-state index contributed by atoms with van der Waals surface area (Å²) >= 11 is 0. The Morgan fingerprint density at radius 2 is 1.83 bits per heavy atom. The number of nitrogens with zero attached hydrogens (tertiary/aromatic N) is 2. The largest absolute Gasteiger partial charge is 0.310 e. The van der Waals surface area contributed by atoms with Crippen molar-refractivity contribution in [2.45, 2.75) is 74.0 Å². The van der Waals surface area contributed by atoms with Crippen LogP contribution in [0.2, 0.25) is 0 Å². The second kappa shape index (κ2) is 5.87. The van der Waals surface area contributed by atoms with E-state index < -0.39 is 0 Å². The van der Waals surface area contributed by atoms with Gasteiger partial charge in [0.25, 0.3) is 0 Å². The van der Waals surface area contributed by atoms with Gasteiger partial charge in [-0.2, -0.15) is 5.10 Å². The van der Waals surface area contributed by atoms with Gasteiger partial charge in [-0.15, -0.1) is 0 Å². The first-order valence-electron chi connectivity index (χ1n) is 6.97. The first kappa shape index (κ1) is 15.2. The van der Waals surface area contributed by atoms with Gasteiger partial charge in [0.15, 0.2) is 0 Å². The summed E-state index contributed by atoms with van der Waals surface area (Å²) in [6.07, 6.45) is 1.16. The highest BCUT2D eigenvalue weighted by molar-refractivity contribution is 5.24. The van der Waals surface area contributed by atoms with Gasteiger partial charge in [-0.05, 0) is 25.7 Å². The molecular weight excluding hydrogens is 222 g/mol. The molecule has 0 amide bonds. The minimum absolute atomic E-state index is 0.364. The molecule has 0 atom stereocenters. The van der Waals surface area contributed by atoms with Crippen molar-refractivity contribution >= 4 is 0 Å². The molecule has 0 aliphatic carbocycles. The summed E-state index contributed by atoms with van der Waals surface area (Å²) in [7, 11) is 0. The van der Waals surface area contributed by atoms with Gasteiger partial charge in [0.1, 0.15) is 0 Å². The zero-order chi connectivity index (χ0) is 13.9. The molecule has 0 saturated heterocycles. The predicted molar refractivity (Wildman–Crippen MR) is 77.7 cm³/mol. The lowest BCUT2D eigenvalue weighted by molar-refractivity contribution is 0.338. The van der Waals surface area contributed by atoms with Crippen LogP contribution in [0.25, 0.3) is 0 Å². The highest BCUT2D eigenvalue weighted by Gasteiger charge is 2.15. The van der Waals surface area contributed by atoms with Crippen LogP contribution in [0.4, 0.5) is 0 Å². The van der Waals surface area contributed by atoms with Gasteiger partial charge in [-0.25, -0.2) is 0 Å². The van der Waals surface area contributed by atoms with E-state index in [0.29, 0.717) is 11.5 Å². The molecule has 3 nitrogen and oxygen atoms in total. The number of nitrogens with one attached hydrogen (secondary N) is 1. The summed E-state index contributed by atoms with van der Waals surface area (Å²) in [4.78, 5) is 0. The minimum atomic E-state index is 0.364. The van der Waals surface area contributed by atoms with E-state index in [1.165, 1.54) is 11.3 Å². The van der Waals surface area contributed by atoms with E-state index in [2.05, 4.69) is 63.6 Å². The van der Waals surface area contributed by atoms with Crippen molar-refractivity contribution in [1.29, 1.82) is 0 Å². The number of aromatic nitrogens is 2. The molecule has 1 N–H and O–H groups in total. The van der Waals surface area contributed by atoms with Crippen molar-refractivity contribution in [1.82, 2.24) is 15.1 Å². The van der Waals surface area contributed by atoms with E-state index in [1.807, 2.05) is 0 Å². The number of rotatable bonds is 5. The van der Waals surface area contributed by atoms with Crippen LogP contribution in [-0.2, 0) is 13.1 Å². The van der Waals surface area contributed by atoms with E-state index in [9.17, 15) is 0 Å². The quantitative estimate of drug-likeness (QED) is 0.869. The summed E-state index contributed by atoms with van der Waals surface area (Å²) in [5.41, 5.74) is 4.19. The van der Waals surface area contributed by atoms with Crippen LogP contribution in [0.15, 0.2) is 0 Å². The van der Waals surface area contributed by atoms with E-state index in [0.717, 1.165) is 25.2 Å². The highest BCUT2D eigenvalue weighted by atomic mass is 15.3. The van der Waals surface area contributed by atoms with Crippen LogP contribution in [0.1, 0.15) is 58.0 Å². The maximum atomic E-state index is 4.67. The molecule has 0 radical (unpaired) electrons. The van der Waals surface area contributed by atoms with Crippen molar-refractivity contribution in [2.75, 3.05) is 0 Å². The van der Waals surface area contributed by atoms with Crippen molar-refractivity contribution in [3.8, 4) is 0 Å². The molecule has 0 fully saturated rings. The van der Waals surface area contributed by atoms with Gasteiger partial charge in [0.05, 0.1) is 5.69 Å². The summed E-state index contributed by atoms with van der Waals surface area (Å²) < 4.78 is 2.16. The molecule has 0 bridgehead atoms. The molecule has 104 valence electrons. The second-order valence-electron chi connectivity index (χ2n) is 6.72. The number of aryl methyl sites for hydroxylation is 2. The topological polar surface area (TPSA) is 29.9 Å². The fraction of sp³-hybridized carbons (Fsp3) is 0.800. The Balaban J connectivity index is 2.74. The Kier molecular flexibility index (Phi) is 4.97. The van der Waals surface area contributed by atoms with E-state index in [-0.39, 0.29) is 0 Å². The van der Waals surface area contributed by atoms with Gasteiger partial charge in [0.2, 0.25) is 0 Å². The lowest BCUT2D eigenvalue weighted by Crippen LogP contribution is -2.22. The molecular formula is C15H29N3. The van der Waals surface area contributed by atoms with Crippen molar-refractivity contribution in [3.63, 3.8) is 0 Å². The normalized spacial score (nSPS) is 12.4. The Labute approximate surface area is 112 Å². The fourth-order valence-electron chi connectivity index (χ4n) is 1.96. The van der Waals surface area contributed by atoms with Crippen LogP contribution in [-0.4, -0.2) is 15.8 Å². The Bertz CT molecular complexity index is 383. The van der Waals surface area contributed by atoms with Gasteiger partial charge in [-0.1, -0.05) is 34.6 Å². The molecule has 0 unspecified atom stereocenters. The molecule has 0 aliphatic heterocycles. The van der Waals surface area contributed by atoms with Gasteiger partial charge in [0, 0.05) is 30.4 Å². The van der Waals surface area contributed by atoms with Crippen molar-refractivity contribution in [3.05, 3.63) is 17.0 Å². The first-order chi connectivity index (χ1) is 8.20. The molecule has 18 heavy (non-hydrogen) atoms. The molecule has 1 aromatic rings. The number of hydrogen-bond acceptors (Lipinski definition) is 2. The average Bonchev–Trinajstić information content (AvgIpc) is 2.47. The smallest absolute Gasteiger partial charge is 0.0641 e. The number of hydrogen-bond donors (Lipinski definition) is 1. The van der Waals surface area contributed by atoms with E-state index in [4.69, 9.17) is 0 Å². The van der Waals surface area contributed by atoms with Crippen LogP contribution in [0.5, 0.6) is 0 Å². The summed E-state index contributed by atoms with van der Waals surface area (Å²) in [5, 5.41) is 8.14. The zero-order valence-corrected chi connectivity index (χ0v) is 13.1.